The van der Waals surface area contributed by atoms with Crippen molar-refractivity contribution in [2.75, 3.05) is 34.3 Å². The number of carbonyl (C=O) groups is 1. The van der Waals surface area contributed by atoms with Crippen molar-refractivity contribution in [3.63, 3.8) is 0 Å². The van der Waals surface area contributed by atoms with Crippen molar-refractivity contribution in [2.24, 2.45) is 5.92 Å². The molecule has 2 rings (SSSR count). The minimum absolute atomic E-state index is 0.0176. The van der Waals surface area contributed by atoms with Gasteiger partial charge in [-0.1, -0.05) is 6.92 Å². The standard InChI is InChI=1S/C17H26N2O4S/c1-13-6-5-10-19(11-9-13)17(20)14-7-8-15(23-4)16(12-14)24(21,22)18(2)3/h7-8,12-13H,5-6,9-11H2,1-4H3. The number of methoxy groups -OCH3 is 1. The van der Waals surface area contributed by atoms with Crippen molar-refractivity contribution < 1.29 is 17.9 Å². The number of nitrogens with zero attached hydrogens (tertiary/aromatic N) is 2. The Labute approximate surface area is 144 Å². The molecule has 0 bridgehead atoms. The third-order valence-corrected chi connectivity index (χ3v) is 6.31. The van der Waals surface area contributed by atoms with E-state index in [4.69, 9.17) is 4.74 Å². The first kappa shape index (κ1) is 18.7. The highest BCUT2D eigenvalue weighted by molar-refractivity contribution is 7.89. The smallest absolute Gasteiger partial charge is 0.253 e. The van der Waals surface area contributed by atoms with Crippen LogP contribution in [0.5, 0.6) is 5.75 Å². The van der Waals surface area contributed by atoms with Crippen molar-refractivity contribution in [1.29, 1.82) is 0 Å². The van der Waals surface area contributed by atoms with Crippen LogP contribution in [0.3, 0.4) is 0 Å². The molecule has 1 saturated heterocycles. The lowest BCUT2D eigenvalue weighted by Crippen LogP contribution is -2.32. The molecule has 134 valence electrons. The number of amides is 1. The maximum Gasteiger partial charge on any atom is 0.253 e. The molecule has 0 aliphatic carbocycles. The lowest BCUT2D eigenvalue weighted by Gasteiger charge is -2.21. The van der Waals surface area contributed by atoms with Crippen molar-refractivity contribution in [1.82, 2.24) is 9.21 Å². The van der Waals surface area contributed by atoms with Gasteiger partial charge in [-0.05, 0) is 43.4 Å². The topological polar surface area (TPSA) is 66.9 Å². The largest absolute Gasteiger partial charge is 0.495 e. The van der Waals surface area contributed by atoms with Gasteiger partial charge in [0.1, 0.15) is 10.6 Å². The number of benzene rings is 1. The third-order valence-electron chi connectivity index (χ3n) is 4.47. The fourth-order valence-electron chi connectivity index (χ4n) is 2.86. The Hall–Kier alpha value is -1.60. The molecule has 1 aliphatic rings. The molecule has 1 amide bonds. The van der Waals surface area contributed by atoms with E-state index in [1.807, 2.05) is 4.90 Å². The maximum absolute atomic E-state index is 12.8. The number of hydrogen-bond donors (Lipinski definition) is 0. The normalized spacial score (nSPS) is 19.2. The van der Waals surface area contributed by atoms with Crippen LogP contribution < -0.4 is 4.74 Å². The molecule has 1 atom stereocenters. The van der Waals surface area contributed by atoms with Gasteiger partial charge in [0.2, 0.25) is 10.0 Å². The minimum atomic E-state index is -3.68. The first-order chi connectivity index (χ1) is 11.3. The van der Waals surface area contributed by atoms with Gasteiger partial charge >= 0.3 is 0 Å². The average molecular weight is 354 g/mol. The summed E-state index contributed by atoms with van der Waals surface area (Å²) in [6.07, 6.45) is 3.07. The molecule has 1 heterocycles. The summed E-state index contributed by atoms with van der Waals surface area (Å²) >= 11 is 0. The van der Waals surface area contributed by atoms with Gasteiger partial charge in [-0.15, -0.1) is 0 Å². The number of sulfonamides is 1. The van der Waals surface area contributed by atoms with Gasteiger partial charge in [-0.3, -0.25) is 4.79 Å². The minimum Gasteiger partial charge on any atom is -0.495 e. The van der Waals surface area contributed by atoms with Gasteiger partial charge in [0.25, 0.3) is 5.91 Å². The van der Waals surface area contributed by atoms with E-state index in [1.54, 1.807) is 12.1 Å². The van der Waals surface area contributed by atoms with Crippen molar-refractivity contribution in [3.8, 4) is 5.75 Å². The molecule has 0 radical (unpaired) electrons. The van der Waals surface area contributed by atoms with Crippen LogP contribution in [0.4, 0.5) is 0 Å². The van der Waals surface area contributed by atoms with Gasteiger partial charge in [0.05, 0.1) is 7.11 Å². The Bertz CT molecular complexity index is 701. The predicted molar refractivity (Wildman–Crippen MR) is 92.8 cm³/mol. The molecular formula is C17H26N2O4S. The lowest BCUT2D eigenvalue weighted by molar-refractivity contribution is 0.0760. The van der Waals surface area contributed by atoms with E-state index in [0.29, 0.717) is 24.6 Å². The highest BCUT2D eigenvalue weighted by Gasteiger charge is 2.26. The molecule has 0 aromatic heterocycles. The Balaban J connectivity index is 2.36. The van der Waals surface area contributed by atoms with Crippen LogP contribution >= 0.6 is 0 Å². The molecule has 6 nitrogen and oxygen atoms in total. The summed E-state index contributed by atoms with van der Waals surface area (Å²) in [4.78, 5) is 14.6. The second kappa shape index (κ2) is 7.53. The van der Waals surface area contributed by atoms with Gasteiger partial charge in [-0.25, -0.2) is 12.7 Å². The number of carbonyl (C=O) groups excluding carboxylic acids is 1. The SMILES string of the molecule is COc1ccc(C(=O)N2CCCC(C)CC2)cc1S(=O)(=O)N(C)C. The van der Waals surface area contributed by atoms with E-state index in [2.05, 4.69) is 6.92 Å². The molecule has 1 fully saturated rings. The van der Waals surface area contributed by atoms with Crippen molar-refractivity contribution in [3.05, 3.63) is 23.8 Å². The fraction of sp³-hybridized carbons (Fsp3) is 0.588. The summed E-state index contributed by atoms with van der Waals surface area (Å²) in [6, 6.07) is 4.60. The maximum atomic E-state index is 12.8. The van der Waals surface area contributed by atoms with E-state index < -0.39 is 10.0 Å². The highest BCUT2D eigenvalue weighted by Crippen LogP contribution is 2.28. The van der Waals surface area contributed by atoms with E-state index in [9.17, 15) is 13.2 Å². The van der Waals surface area contributed by atoms with Crippen LogP contribution in [0.15, 0.2) is 23.1 Å². The second-order valence-corrected chi connectivity index (χ2v) is 8.60. The van der Waals surface area contributed by atoms with Crippen LogP contribution in [0, 0.1) is 5.92 Å². The van der Waals surface area contributed by atoms with Crippen molar-refractivity contribution in [2.45, 2.75) is 31.1 Å². The summed E-state index contributed by atoms with van der Waals surface area (Å²) in [5.74, 6) is 0.732. The predicted octanol–water partition coefficient (Wildman–Crippen LogP) is 2.21. The molecule has 0 spiro atoms. The van der Waals surface area contributed by atoms with Crippen molar-refractivity contribution >= 4 is 15.9 Å². The first-order valence-electron chi connectivity index (χ1n) is 8.17. The lowest BCUT2D eigenvalue weighted by atomic mass is 10.0. The Kier molecular flexibility index (Phi) is 5.87. The Morgan fingerprint density at radius 1 is 1.25 bits per heavy atom. The van der Waals surface area contributed by atoms with Crippen LogP contribution in [-0.2, 0) is 10.0 Å². The zero-order valence-electron chi connectivity index (χ0n) is 14.8. The second-order valence-electron chi connectivity index (χ2n) is 6.48. The average Bonchev–Trinajstić information content (AvgIpc) is 2.78. The number of hydrogen-bond acceptors (Lipinski definition) is 4. The van der Waals surface area contributed by atoms with E-state index in [-0.39, 0.29) is 16.6 Å². The fourth-order valence-corrected chi connectivity index (χ4v) is 3.93. The summed E-state index contributed by atoms with van der Waals surface area (Å²) in [5.41, 5.74) is 0.380. The zero-order valence-corrected chi connectivity index (χ0v) is 15.6. The molecule has 1 unspecified atom stereocenters. The van der Waals surface area contributed by atoms with Gasteiger partial charge in [0.15, 0.2) is 0 Å². The summed E-state index contributed by atoms with van der Waals surface area (Å²) in [5, 5.41) is 0. The van der Waals surface area contributed by atoms with E-state index in [0.717, 1.165) is 23.6 Å². The first-order valence-corrected chi connectivity index (χ1v) is 9.61. The molecule has 24 heavy (non-hydrogen) atoms. The van der Waals surface area contributed by atoms with Crippen LogP contribution in [0.2, 0.25) is 0 Å². The zero-order chi connectivity index (χ0) is 17.9. The molecule has 0 saturated carbocycles. The number of likely N-dealkylation sites (tertiary alicyclic amines) is 1. The monoisotopic (exact) mass is 354 g/mol. The number of ether oxygens (including phenoxy) is 1. The van der Waals surface area contributed by atoms with E-state index >= 15 is 0 Å². The quantitative estimate of drug-likeness (QED) is 0.831. The Morgan fingerprint density at radius 3 is 2.58 bits per heavy atom. The molecule has 1 aromatic rings. The van der Waals surface area contributed by atoms with Gasteiger partial charge in [0, 0.05) is 32.7 Å². The van der Waals surface area contributed by atoms with E-state index in [1.165, 1.54) is 27.3 Å². The molecule has 1 aliphatic heterocycles. The summed E-state index contributed by atoms with van der Waals surface area (Å²) < 4.78 is 31.2. The summed E-state index contributed by atoms with van der Waals surface area (Å²) in [6.45, 7) is 3.62. The Morgan fingerprint density at radius 2 is 1.96 bits per heavy atom. The summed E-state index contributed by atoms with van der Waals surface area (Å²) in [7, 11) is 0.649. The molecule has 0 N–H and O–H groups in total. The highest BCUT2D eigenvalue weighted by atomic mass is 32.2. The van der Waals surface area contributed by atoms with Crippen LogP contribution in [0.1, 0.15) is 36.5 Å². The number of rotatable bonds is 4. The van der Waals surface area contributed by atoms with Crippen LogP contribution in [0.25, 0.3) is 0 Å². The molecule has 7 heteroatoms. The molecular weight excluding hydrogens is 328 g/mol. The van der Waals surface area contributed by atoms with Crippen LogP contribution in [-0.4, -0.2) is 57.8 Å². The third kappa shape index (κ3) is 3.89. The molecule has 1 aromatic carbocycles. The van der Waals surface area contributed by atoms with Gasteiger partial charge in [-0.2, -0.15) is 0 Å². The van der Waals surface area contributed by atoms with Gasteiger partial charge < -0.3 is 9.64 Å².